The van der Waals surface area contributed by atoms with Crippen molar-refractivity contribution in [2.75, 3.05) is 23.9 Å². The van der Waals surface area contributed by atoms with Crippen molar-refractivity contribution in [3.63, 3.8) is 0 Å². The van der Waals surface area contributed by atoms with Crippen molar-refractivity contribution in [2.24, 2.45) is 0 Å². The van der Waals surface area contributed by atoms with Gasteiger partial charge in [0.15, 0.2) is 0 Å². The fraction of sp³-hybridized carbons (Fsp3) is 0.444. The van der Waals surface area contributed by atoms with Crippen LogP contribution in [-0.4, -0.2) is 36.9 Å². The third-order valence-corrected chi connectivity index (χ3v) is 3.00. The van der Waals surface area contributed by atoms with Crippen LogP contribution in [0.3, 0.4) is 0 Å². The maximum atomic E-state index is 10.9. The lowest BCUT2D eigenvalue weighted by molar-refractivity contribution is -0.388. The Morgan fingerprint density at radius 3 is 2.82 bits per heavy atom. The van der Waals surface area contributed by atoms with Crippen molar-refractivity contribution >= 4 is 21.3 Å². The summed E-state index contributed by atoms with van der Waals surface area (Å²) in [6.45, 7) is 0.347. The number of nitro groups is 1. The third kappa shape index (κ3) is 4.77. The largest absolute Gasteiger partial charge is 0.386 e. The van der Waals surface area contributed by atoms with Crippen molar-refractivity contribution in [1.29, 1.82) is 0 Å². The van der Waals surface area contributed by atoms with E-state index in [0.717, 1.165) is 6.26 Å². The Morgan fingerprint density at radius 2 is 2.24 bits per heavy atom. The molecule has 0 radical (unpaired) electrons. The summed E-state index contributed by atoms with van der Waals surface area (Å²) in [5.74, 6) is -0.208. The molecule has 0 saturated carbocycles. The van der Waals surface area contributed by atoms with E-state index in [9.17, 15) is 18.5 Å². The van der Waals surface area contributed by atoms with E-state index in [1.165, 1.54) is 12.3 Å². The molecule has 0 bridgehead atoms. The minimum Gasteiger partial charge on any atom is -0.378 e. The molecule has 1 aromatic heterocycles. The smallest absolute Gasteiger partial charge is 0.378 e. The SMILES string of the molecule is CS(=O)(=O)CCCNc1cccnc1[N+](=O)[O-]. The van der Waals surface area contributed by atoms with Crippen molar-refractivity contribution in [2.45, 2.75) is 6.42 Å². The first-order valence-corrected chi connectivity index (χ1v) is 6.97. The molecule has 0 saturated heterocycles. The summed E-state index contributed by atoms with van der Waals surface area (Å²) in [5, 5.41) is 13.4. The Hall–Kier alpha value is -1.70. The fourth-order valence-electron chi connectivity index (χ4n) is 1.24. The number of nitrogens with zero attached hydrogens (tertiary/aromatic N) is 2. The van der Waals surface area contributed by atoms with Gasteiger partial charge < -0.3 is 15.4 Å². The van der Waals surface area contributed by atoms with Gasteiger partial charge in [-0.3, -0.25) is 0 Å². The fourth-order valence-corrected chi connectivity index (χ4v) is 1.91. The van der Waals surface area contributed by atoms with E-state index in [4.69, 9.17) is 0 Å². The van der Waals surface area contributed by atoms with Crippen LogP contribution < -0.4 is 5.32 Å². The Morgan fingerprint density at radius 1 is 1.53 bits per heavy atom. The molecule has 0 fully saturated rings. The second kappa shape index (κ2) is 5.58. The molecular weight excluding hydrogens is 246 g/mol. The van der Waals surface area contributed by atoms with Crippen LogP contribution in [0.4, 0.5) is 11.5 Å². The molecule has 1 rings (SSSR count). The summed E-state index contributed by atoms with van der Waals surface area (Å²) in [6, 6.07) is 3.11. The van der Waals surface area contributed by atoms with Crippen LogP contribution in [0.2, 0.25) is 0 Å². The van der Waals surface area contributed by atoms with Crippen LogP contribution in [0.1, 0.15) is 6.42 Å². The molecule has 0 spiro atoms. The highest BCUT2D eigenvalue weighted by Gasteiger charge is 2.13. The van der Waals surface area contributed by atoms with E-state index in [1.54, 1.807) is 6.07 Å². The van der Waals surface area contributed by atoms with Crippen molar-refractivity contribution in [1.82, 2.24) is 4.98 Å². The van der Waals surface area contributed by atoms with Gasteiger partial charge in [-0.25, -0.2) is 8.42 Å². The van der Waals surface area contributed by atoms with Crippen LogP contribution in [0.5, 0.6) is 0 Å². The van der Waals surface area contributed by atoms with Crippen LogP contribution in [0.15, 0.2) is 18.3 Å². The molecule has 0 aliphatic heterocycles. The predicted molar refractivity (Wildman–Crippen MR) is 63.7 cm³/mol. The number of pyridine rings is 1. The zero-order valence-corrected chi connectivity index (χ0v) is 10.1. The van der Waals surface area contributed by atoms with E-state index in [2.05, 4.69) is 10.3 Å². The van der Waals surface area contributed by atoms with E-state index >= 15 is 0 Å². The standard InChI is InChI=1S/C9H13N3O4S/c1-17(15,16)7-3-6-10-8-4-2-5-11-9(8)12(13)14/h2,4-5,10H,3,6-7H2,1H3. The molecule has 0 amide bonds. The Kier molecular flexibility index (Phi) is 4.38. The van der Waals surface area contributed by atoms with Gasteiger partial charge in [0, 0.05) is 12.8 Å². The summed E-state index contributed by atoms with van der Waals surface area (Å²) in [5.41, 5.74) is 0.297. The maximum Gasteiger partial charge on any atom is 0.386 e. The topological polar surface area (TPSA) is 102 Å². The molecule has 8 heteroatoms. The minimum atomic E-state index is -2.99. The van der Waals surface area contributed by atoms with Gasteiger partial charge in [0.25, 0.3) is 0 Å². The normalized spacial score (nSPS) is 11.1. The molecule has 0 aliphatic carbocycles. The first-order valence-electron chi connectivity index (χ1n) is 4.91. The number of aromatic nitrogens is 1. The third-order valence-electron chi connectivity index (χ3n) is 1.97. The van der Waals surface area contributed by atoms with Gasteiger partial charge >= 0.3 is 5.82 Å². The zero-order chi connectivity index (χ0) is 12.9. The molecule has 0 aliphatic rings. The zero-order valence-electron chi connectivity index (χ0n) is 9.29. The molecule has 94 valence electrons. The molecule has 1 heterocycles. The summed E-state index contributed by atoms with van der Waals surface area (Å²) < 4.78 is 21.7. The monoisotopic (exact) mass is 259 g/mol. The molecule has 0 unspecified atom stereocenters. The number of sulfone groups is 1. The lowest BCUT2D eigenvalue weighted by atomic mass is 10.3. The van der Waals surface area contributed by atoms with Gasteiger partial charge in [0.2, 0.25) is 0 Å². The molecule has 0 atom stereocenters. The number of hydrogen-bond acceptors (Lipinski definition) is 6. The van der Waals surface area contributed by atoms with Gasteiger partial charge in [0.1, 0.15) is 21.7 Å². The summed E-state index contributed by atoms with van der Waals surface area (Å²) >= 11 is 0. The molecular formula is C9H13N3O4S. The summed E-state index contributed by atoms with van der Waals surface area (Å²) in [4.78, 5) is 13.7. The lowest BCUT2D eigenvalue weighted by Crippen LogP contribution is -2.10. The molecule has 0 aromatic carbocycles. The van der Waals surface area contributed by atoms with Gasteiger partial charge in [-0.15, -0.1) is 0 Å². The Balaban J connectivity index is 2.55. The van der Waals surface area contributed by atoms with Gasteiger partial charge in [-0.2, -0.15) is 0 Å². The number of hydrogen-bond donors (Lipinski definition) is 1. The number of anilines is 1. The molecule has 7 nitrogen and oxygen atoms in total. The Bertz CT molecular complexity index is 501. The highest BCUT2D eigenvalue weighted by atomic mass is 32.2. The lowest BCUT2D eigenvalue weighted by Gasteiger charge is -2.05. The van der Waals surface area contributed by atoms with E-state index in [-0.39, 0.29) is 11.6 Å². The highest BCUT2D eigenvalue weighted by molar-refractivity contribution is 7.90. The Labute approximate surface area is 98.9 Å². The van der Waals surface area contributed by atoms with E-state index in [0.29, 0.717) is 18.7 Å². The first-order chi connectivity index (χ1) is 7.90. The molecule has 1 aromatic rings. The second-order valence-corrected chi connectivity index (χ2v) is 5.80. The number of rotatable bonds is 6. The van der Waals surface area contributed by atoms with E-state index in [1.807, 2.05) is 0 Å². The molecule has 1 N–H and O–H groups in total. The average molecular weight is 259 g/mol. The maximum absolute atomic E-state index is 10.9. The average Bonchev–Trinajstić information content (AvgIpc) is 2.23. The first kappa shape index (κ1) is 13.4. The van der Waals surface area contributed by atoms with Gasteiger partial charge in [-0.05, 0) is 28.5 Å². The molecule has 17 heavy (non-hydrogen) atoms. The minimum absolute atomic E-state index is 0.0497. The highest BCUT2D eigenvalue weighted by Crippen LogP contribution is 2.19. The van der Waals surface area contributed by atoms with E-state index < -0.39 is 14.8 Å². The van der Waals surface area contributed by atoms with Crippen LogP contribution >= 0.6 is 0 Å². The van der Waals surface area contributed by atoms with Crippen molar-refractivity contribution < 1.29 is 13.3 Å². The van der Waals surface area contributed by atoms with Crippen LogP contribution in [0, 0.1) is 10.1 Å². The van der Waals surface area contributed by atoms with Crippen LogP contribution in [0.25, 0.3) is 0 Å². The second-order valence-electron chi connectivity index (χ2n) is 3.54. The summed E-state index contributed by atoms with van der Waals surface area (Å²) in [6.07, 6.45) is 2.88. The number of nitrogens with one attached hydrogen (secondary N) is 1. The van der Waals surface area contributed by atoms with Crippen molar-refractivity contribution in [3.8, 4) is 0 Å². The van der Waals surface area contributed by atoms with Crippen LogP contribution in [-0.2, 0) is 9.84 Å². The van der Waals surface area contributed by atoms with Crippen molar-refractivity contribution in [3.05, 3.63) is 28.4 Å². The predicted octanol–water partition coefficient (Wildman–Crippen LogP) is 0.836. The summed E-state index contributed by atoms with van der Waals surface area (Å²) in [7, 11) is -2.99. The van der Waals surface area contributed by atoms with Gasteiger partial charge in [-0.1, -0.05) is 0 Å². The quantitative estimate of drug-likeness (QED) is 0.461. The van der Waals surface area contributed by atoms with Gasteiger partial charge in [0.05, 0.1) is 5.75 Å².